The summed E-state index contributed by atoms with van der Waals surface area (Å²) in [5, 5.41) is 5.70. The predicted molar refractivity (Wildman–Crippen MR) is 121 cm³/mol. The van der Waals surface area contributed by atoms with E-state index in [1.165, 1.54) is 19.3 Å². The summed E-state index contributed by atoms with van der Waals surface area (Å²) in [4.78, 5) is 25.6. The average molecular weight is 448 g/mol. The van der Waals surface area contributed by atoms with Crippen molar-refractivity contribution in [3.63, 3.8) is 0 Å². The molecule has 1 aromatic carbocycles. The second kappa shape index (κ2) is 8.45. The molecule has 4 aliphatic carbocycles. The van der Waals surface area contributed by atoms with E-state index < -0.39 is 10.0 Å². The van der Waals surface area contributed by atoms with Crippen molar-refractivity contribution in [1.82, 2.24) is 5.32 Å². The molecule has 0 atom stereocenters. The summed E-state index contributed by atoms with van der Waals surface area (Å²) in [6.07, 6.45) is 7.22. The maximum atomic E-state index is 13.0. The summed E-state index contributed by atoms with van der Waals surface area (Å²) in [6, 6.07) is 5.10. The summed E-state index contributed by atoms with van der Waals surface area (Å²) in [6.45, 7) is 3.49. The Balaban J connectivity index is 1.35. The summed E-state index contributed by atoms with van der Waals surface area (Å²) in [5.41, 5.74) is 1.35. The first-order chi connectivity index (χ1) is 14.7. The molecule has 4 bridgehead atoms. The number of hydrogen-bond acceptors (Lipinski definition) is 4. The fraction of sp³-hybridized carbons (Fsp3) is 0.652. The molecule has 0 saturated heterocycles. The van der Waals surface area contributed by atoms with Crippen LogP contribution in [0, 0.1) is 30.1 Å². The Kier molecular flexibility index (Phi) is 6.03. The number of rotatable bonds is 8. The van der Waals surface area contributed by atoms with E-state index in [0.717, 1.165) is 19.3 Å². The minimum Gasteiger partial charge on any atom is -0.347 e. The van der Waals surface area contributed by atoms with Gasteiger partial charge in [-0.25, -0.2) is 8.42 Å². The number of hydrogen-bond donors (Lipinski definition) is 3. The molecule has 4 aliphatic rings. The van der Waals surface area contributed by atoms with Gasteiger partial charge in [0.2, 0.25) is 21.8 Å². The lowest BCUT2D eigenvalue weighted by atomic mass is 9.49. The highest BCUT2D eigenvalue weighted by atomic mass is 32.2. The van der Waals surface area contributed by atoms with Crippen LogP contribution in [-0.4, -0.2) is 32.5 Å². The molecular formula is C23H33N3O4S. The van der Waals surface area contributed by atoms with Gasteiger partial charge in [0.05, 0.1) is 18.0 Å². The standard InChI is InChI=1S/C23H33N3O4S/c1-3-7-31(29,30)26-20-6-4-5-19(15(20)2)25-21(27)14-24-22(28)23-11-16-8-17(12-23)10-18(9-16)13-23/h4-6,16-18,26H,3,7-14H2,1-2H3,(H,24,28)(H,25,27). The van der Waals surface area contributed by atoms with Crippen molar-refractivity contribution in [1.29, 1.82) is 0 Å². The molecule has 8 heteroatoms. The van der Waals surface area contributed by atoms with Gasteiger partial charge in [-0.05, 0) is 87.3 Å². The predicted octanol–water partition coefficient (Wildman–Crippen LogP) is 3.42. The van der Waals surface area contributed by atoms with Crippen molar-refractivity contribution in [2.75, 3.05) is 22.3 Å². The van der Waals surface area contributed by atoms with E-state index in [2.05, 4.69) is 15.4 Å². The van der Waals surface area contributed by atoms with Crippen molar-refractivity contribution < 1.29 is 18.0 Å². The third-order valence-corrected chi connectivity index (χ3v) is 8.75. The lowest BCUT2D eigenvalue weighted by Gasteiger charge is -2.55. The summed E-state index contributed by atoms with van der Waals surface area (Å²) in [5.74, 6) is 1.78. The first-order valence-corrected chi connectivity index (χ1v) is 13.0. The van der Waals surface area contributed by atoms with E-state index in [1.807, 2.05) is 0 Å². The molecule has 5 rings (SSSR count). The number of amides is 2. The molecule has 0 spiro atoms. The molecule has 0 aliphatic heterocycles. The van der Waals surface area contributed by atoms with Crippen LogP contribution in [0.5, 0.6) is 0 Å². The summed E-state index contributed by atoms with van der Waals surface area (Å²) < 4.78 is 26.7. The van der Waals surface area contributed by atoms with Gasteiger partial charge in [-0.1, -0.05) is 13.0 Å². The first kappa shape index (κ1) is 22.1. The van der Waals surface area contributed by atoms with Crippen LogP contribution >= 0.6 is 0 Å². The molecule has 0 radical (unpaired) electrons. The van der Waals surface area contributed by atoms with Gasteiger partial charge in [-0.2, -0.15) is 0 Å². The van der Waals surface area contributed by atoms with E-state index >= 15 is 0 Å². The molecule has 170 valence electrons. The number of sulfonamides is 1. The SMILES string of the molecule is CCCS(=O)(=O)Nc1cccc(NC(=O)CNC(=O)C23CC4CC(CC(C4)C2)C3)c1C. The van der Waals surface area contributed by atoms with Gasteiger partial charge in [0.1, 0.15) is 0 Å². The lowest BCUT2D eigenvalue weighted by Crippen LogP contribution is -2.54. The zero-order chi connectivity index (χ0) is 22.2. The molecule has 31 heavy (non-hydrogen) atoms. The van der Waals surface area contributed by atoms with Crippen molar-refractivity contribution in [2.24, 2.45) is 23.2 Å². The van der Waals surface area contributed by atoms with Gasteiger partial charge in [-0.3, -0.25) is 14.3 Å². The summed E-state index contributed by atoms with van der Waals surface area (Å²) >= 11 is 0. The molecule has 1 aromatic rings. The van der Waals surface area contributed by atoms with Gasteiger partial charge in [0.15, 0.2) is 0 Å². The number of benzene rings is 1. The minimum absolute atomic E-state index is 0.0274. The Morgan fingerprint density at radius 3 is 2.19 bits per heavy atom. The number of carbonyl (C=O) groups excluding carboxylic acids is 2. The second-order valence-corrected chi connectivity index (χ2v) is 11.7. The quantitative estimate of drug-likeness (QED) is 0.568. The smallest absolute Gasteiger partial charge is 0.243 e. The average Bonchev–Trinajstić information content (AvgIpc) is 2.68. The highest BCUT2D eigenvalue weighted by Crippen LogP contribution is 2.60. The highest BCUT2D eigenvalue weighted by molar-refractivity contribution is 7.92. The zero-order valence-electron chi connectivity index (χ0n) is 18.4. The van der Waals surface area contributed by atoms with E-state index in [9.17, 15) is 18.0 Å². The lowest BCUT2D eigenvalue weighted by molar-refractivity contribution is -0.146. The Hall–Kier alpha value is -2.09. The molecular weight excluding hydrogens is 414 g/mol. The molecule has 0 heterocycles. The van der Waals surface area contributed by atoms with Gasteiger partial charge in [0, 0.05) is 11.1 Å². The zero-order valence-corrected chi connectivity index (χ0v) is 19.2. The maximum absolute atomic E-state index is 13.0. The number of nitrogens with one attached hydrogen (secondary N) is 3. The van der Waals surface area contributed by atoms with Crippen molar-refractivity contribution in [3.05, 3.63) is 23.8 Å². The molecule has 4 saturated carbocycles. The van der Waals surface area contributed by atoms with Crippen LogP contribution in [0.4, 0.5) is 11.4 Å². The van der Waals surface area contributed by atoms with Crippen LogP contribution in [-0.2, 0) is 19.6 Å². The number of carbonyl (C=O) groups is 2. The largest absolute Gasteiger partial charge is 0.347 e. The Morgan fingerprint density at radius 2 is 1.61 bits per heavy atom. The fourth-order valence-electron chi connectivity index (χ4n) is 6.30. The van der Waals surface area contributed by atoms with E-state index in [0.29, 0.717) is 41.1 Å². The second-order valence-electron chi connectivity index (χ2n) is 9.83. The minimum atomic E-state index is -3.42. The third kappa shape index (κ3) is 4.73. The fourth-order valence-corrected chi connectivity index (χ4v) is 7.50. The van der Waals surface area contributed by atoms with Crippen LogP contribution in [0.25, 0.3) is 0 Å². The van der Waals surface area contributed by atoms with Crippen LogP contribution in [0.3, 0.4) is 0 Å². The molecule has 7 nitrogen and oxygen atoms in total. The van der Waals surface area contributed by atoms with Gasteiger partial charge in [0.25, 0.3) is 0 Å². The Bertz CT molecular complexity index is 938. The topological polar surface area (TPSA) is 104 Å². The van der Waals surface area contributed by atoms with E-state index in [-0.39, 0.29) is 29.5 Å². The highest BCUT2D eigenvalue weighted by Gasteiger charge is 2.54. The van der Waals surface area contributed by atoms with Crippen molar-refractivity contribution in [3.8, 4) is 0 Å². The number of anilines is 2. The van der Waals surface area contributed by atoms with Crippen molar-refractivity contribution >= 4 is 33.2 Å². The van der Waals surface area contributed by atoms with Crippen LogP contribution in [0.1, 0.15) is 57.4 Å². The summed E-state index contributed by atoms with van der Waals surface area (Å²) in [7, 11) is -3.42. The van der Waals surface area contributed by atoms with Crippen molar-refractivity contribution in [2.45, 2.75) is 58.8 Å². The molecule has 2 amide bonds. The normalized spacial score (nSPS) is 28.9. The Labute approximate surface area is 184 Å². The van der Waals surface area contributed by atoms with Crippen LogP contribution < -0.4 is 15.4 Å². The molecule has 0 aromatic heterocycles. The van der Waals surface area contributed by atoms with E-state index in [1.54, 1.807) is 32.0 Å². The molecule has 3 N–H and O–H groups in total. The third-order valence-electron chi connectivity index (χ3n) is 7.28. The molecule has 0 unspecified atom stereocenters. The van der Waals surface area contributed by atoms with Gasteiger partial charge < -0.3 is 10.6 Å². The molecule has 4 fully saturated rings. The van der Waals surface area contributed by atoms with Crippen LogP contribution in [0.15, 0.2) is 18.2 Å². The Morgan fingerprint density at radius 1 is 1.03 bits per heavy atom. The van der Waals surface area contributed by atoms with E-state index in [4.69, 9.17) is 0 Å². The van der Waals surface area contributed by atoms with Crippen LogP contribution in [0.2, 0.25) is 0 Å². The maximum Gasteiger partial charge on any atom is 0.243 e. The van der Waals surface area contributed by atoms with Gasteiger partial charge >= 0.3 is 0 Å². The first-order valence-electron chi connectivity index (χ1n) is 11.4. The van der Waals surface area contributed by atoms with Gasteiger partial charge in [-0.15, -0.1) is 0 Å². The monoisotopic (exact) mass is 447 g/mol.